The topological polar surface area (TPSA) is 81.2 Å². The summed E-state index contributed by atoms with van der Waals surface area (Å²) in [5.74, 6) is -0.00216. The molecule has 0 bridgehead atoms. The van der Waals surface area contributed by atoms with E-state index in [1.807, 2.05) is 42.5 Å². The largest absolute Gasteiger partial charge is 0.494 e. The average molecular weight is 303 g/mol. The van der Waals surface area contributed by atoms with Crippen molar-refractivity contribution in [1.82, 2.24) is 9.97 Å². The number of rotatable bonds is 3. The van der Waals surface area contributed by atoms with E-state index in [2.05, 4.69) is 21.7 Å². The van der Waals surface area contributed by atoms with E-state index in [0.29, 0.717) is 16.9 Å². The minimum absolute atomic E-state index is 0.00216. The fraction of sp³-hybridized carbons (Fsp3) is 0. The Morgan fingerprint density at radius 3 is 2.65 bits per heavy atom. The van der Waals surface area contributed by atoms with Crippen LogP contribution in [0.15, 0.2) is 54.2 Å². The summed E-state index contributed by atoms with van der Waals surface area (Å²) in [6.07, 6.45) is 1.73. The fourth-order valence-electron chi connectivity index (χ4n) is 2.98. The molecule has 2 aromatic carbocycles. The molecule has 0 aliphatic rings. The maximum atomic E-state index is 11.4. The summed E-state index contributed by atoms with van der Waals surface area (Å²) in [6, 6.07) is 13.1. The number of H-pyrrole nitrogens is 2. The summed E-state index contributed by atoms with van der Waals surface area (Å²) >= 11 is 0. The van der Waals surface area contributed by atoms with Gasteiger partial charge in [-0.15, -0.1) is 4.91 Å². The van der Waals surface area contributed by atoms with E-state index in [1.54, 1.807) is 6.08 Å². The van der Waals surface area contributed by atoms with Crippen molar-refractivity contribution in [3.05, 3.63) is 59.5 Å². The van der Waals surface area contributed by atoms with Crippen molar-refractivity contribution in [2.75, 3.05) is 0 Å². The smallest absolute Gasteiger partial charge is 0.199 e. The van der Waals surface area contributed by atoms with Gasteiger partial charge in [-0.3, -0.25) is 0 Å². The fourth-order valence-corrected chi connectivity index (χ4v) is 2.98. The van der Waals surface area contributed by atoms with E-state index in [-0.39, 0.29) is 5.88 Å². The van der Waals surface area contributed by atoms with Crippen LogP contribution in [0.3, 0.4) is 0 Å². The number of aromatic amines is 2. The van der Waals surface area contributed by atoms with Crippen LogP contribution in [-0.4, -0.2) is 15.1 Å². The zero-order valence-electron chi connectivity index (χ0n) is 12.1. The average Bonchev–Trinajstić information content (AvgIpc) is 3.09. The molecule has 2 aromatic heterocycles. The Morgan fingerprint density at radius 2 is 1.87 bits per heavy atom. The molecule has 112 valence electrons. The highest BCUT2D eigenvalue weighted by Crippen LogP contribution is 2.44. The molecule has 5 nitrogen and oxygen atoms in total. The first-order valence-electron chi connectivity index (χ1n) is 7.14. The molecule has 0 aliphatic heterocycles. The quantitative estimate of drug-likeness (QED) is 0.462. The Hall–Kier alpha value is -3.34. The third kappa shape index (κ3) is 1.87. The molecule has 0 radical (unpaired) electrons. The van der Waals surface area contributed by atoms with Gasteiger partial charge in [0.2, 0.25) is 0 Å². The van der Waals surface area contributed by atoms with Crippen molar-refractivity contribution in [2.24, 2.45) is 5.18 Å². The van der Waals surface area contributed by atoms with E-state index >= 15 is 0 Å². The Kier molecular flexibility index (Phi) is 2.81. The normalized spacial score (nSPS) is 11.1. The Balaban J connectivity index is 2.08. The SMILES string of the molecule is C=Cc1ccc2c(-c3[nH]c4ccccc4c3N=O)c(O)[nH]c2c1. The molecule has 0 saturated heterocycles. The Morgan fingerprint density at radius 1 is 1.04 bits per heavy atom. The highest BCUT2D eigenvalue weighted by atomic mass is 16.3. The summed E-state index contributed by atoms with van der Waals surface area (Å²) in [4.78, 5) is 17.5. The van der Waals surface area contributed by atoms with Crippen LogP contribution in [0, 0.1) is 4.91 Å². The molecule has 0 spiro atoms. The van der Waals surface area contributed by atoms with Gasteiger partial charge in [-0.25, -0.2) is 0 Å². The number of nitroso groups, excluding NO2 is 1. The van der Waals surface area contributed by atoms with E-state index in [0.717, 1.165) is 27.4 Å². The lowest BCUT2D eigenvalue weighted by Gasteiger charge is -1.99. The molecular weight excluding hydrogens is 290 g/mol. The summed E-state index contributed by atoms with van der Waals surface area (Å²) in [5, 5.41) is 15.1. The third-order valence-electron chi connectivity index (χ3n) is 4.06. The number of aromatic nitrogens is 2. The van der Waals surface area contributed by atoms with Crippen LogP contribution in [0.25, 0.3) is 39.1 Å². The van der Waals surface area contributed by atoms with Gasteiger partial charge in [-0.2, -0.15) is 0 Å². The molecule has 3 N–H and O–H groups in total. The number of hydrogen-bond acceptors (Lipinski definition) is 3. The maximum Gasteiger partial charge on any atom is 0.199 e. The Bertz CT molecular complexity index is 1070. The predicted molar refractivity (Wildman–Crippen MR) is 92.8 cm³/mol. The van der Waals surface area contributed by atoms with Crippen molar-refractivity contribution in [1.29, 1.82) is 0 Å². The van der Waals surface area contributed by atoms with Gasteiger partial charge < -0.3 is 15.1 Å². The van der Waals surface area contributed by atoms with Gasteiger partial charge in [0.1, 0.15) is 5.69 Å². The van der Waals surface area contributed by atoms with Gasteiger partial charge in [0.15, 0.2) is 5.88 Å². The lowest BCUT2D eigenvalue weighted by atomic mass is 10.1. The standard InChI is InChI=1S/C18H13N3O2/c1-2-10-7-8-11-14(9-10)20-18(22)15(11)17-16(21-23)12-5-3-4-6-13(12)19-17/h2-9,19-20,22H,1H2. The lowest BCUT2D eigenvalue weighted by Crippen LogP contribution is -1.78. The van der Waals surface area contributed by atoms with Crippen LogP contribution in [0.1, 0.15) is 5.56 Å². The Labute approximate surface area is 131 Å². The van der Waals surface area contributed by atoms with Gasteiger partial charge >= 0.3 is 0 Å². The summed E-state index contributed by atoms with van der Waals surface area (Å²) in [5.41, 5.74) is 3.86. The number of aromatic hydroxyl groups is 1. The highest BCUT2D eigenvalue weighted by molar-refractivity contribution is 6.07. The highest BCUT2D eigenvalue weighted by Gasteiger charge is 2.20. The van der Waals surface area contributed by atoms with Crippen molar-refractivity contribution < 1.29 is 5.11 Å². The van der Waals surface area contributed by atoms with Crippen LogP contribution < -0.4 is 0 Å². The van der Waals surface area contributed by atoms with Crippen molar-refractivity contribution >= 4 is 33.6 Å². The molecule has 4 rings (SSSR count). The minimum atomic E-state index is -0.00216. The van der Waals surface area contributed by atoms with Crippen LogP contribution in [0.5, 0.6) is 5.88 Å². The number of benzene rings is 2. The zero-order valence-corrected chi connectivity index (χ0v) is 12.1. The van der Waals surface area contributed by atoms with Gasteiger partial charge in [0.05, 0.1) is 11.3 Å². The van der Waals surface area contributed by atoms with Crippen LogP contribution in [-0.2, 0) is 0 Å². The minimum Gasteiger partial charge on any atom is -0.494 e. The van der Waals surface area contributed by atoms with Gasteiger partial charge in [-0.1, -0.05) is 43.0 Å². The predicted octanol–water partition coefficient (Wildman–Crippen LogP) is 5.06. The molecule has 0 unspecified atom stereocenters. The molecule has 0 atom stereocenters. The number of nitrogens with zero attached hydrogens (tertiary/aromatic N) is 1. The molecular formula is C18H13N3O2. The second-order valence-corrected chi connectivity index (χ2v) is 5.34. The van der Waals surface area contributed by atoms with E-state index in [9.17, 15) is 10.0 Å². The van der Waals surface area contributed by atoms with Crippen LogP contribution >= 0.6 is 0 Å². The molecule has 0 aliphatic carbocycles. The van der Waals surface area contributed by atoms with Gasteiger partial charge in [0.25, 0.3) is 0 Å². The van der Waals surface area contributed by atoms with Crippen LogP contribution in [0.4, 0.5) is 5.69 Å². The first-order chi connectivity index (χ1) is 11.2. The third-order valence-corrected chi connectivity index (χ3v) is 4.06. The van der Waals surface area contributed by atoms with Crippen molar-refractivity contribution in [3.8, 4) is 17.1 Å². The van der Waals surface area contributed by atoms with E-state index < -0.39 is 0 Å². The number of nitrogens with one attached hydrogen (secondary N) is 2. The lowest BCUT2D eigenvalue weighted by molar-refractivity contribution is 0.460. The van der Waals surface area contributed by atoms with E-state index in [1.165, 1.54) is 0 Å². The molecule has 4 aromatic rings. The number of para-hydroxylation sites is 1. The van der Waals surface area contributed by atoms with Gasteiger partial charge in [0, 0.05) is 21.8 Å². The second kappa shape index (κ2) is 4.84. The number of hydrogen-bond donors (Lipinski definition) is 3. The zero-order chi connectivity index (χ0) is 16.0. The monoisotopic (exact) mass is 303 g/mol. The summed E-state index contributed by atoms with van der Waals surface area (Å²) < 4.78 is 0. The molecule has 23 heavy (non-hydrogen) atoms. The van der Waals surface area contributed by atoms with E-state index in [4.69, 9.17) is 0 Å². The molecule has 0 fully saturated rings. The maximum absolute atomic E-state index is 11.4. The summed E-state index contributed by atoms with van der Waals surface area (Å²) in [6.45, 7) is 3.74. The number of fused-ring (bicyclic) bond motifs is 2. The second-order valence-electron chi connectivity index (χ2n) is 5.34. The molecule has 0 saturated carbocycles. The first-order valence-corrected chi connectivity index (χ1v) is 7.14. The van der Waals surface area contributed by atoms with Crippen molar-refractivity contribution in [2.45, 2.75) is 0 Å². The molecule has 2 heterocycles. The molecule has 5 heteroatoms. The summed E-state index contributed by atoms with van der Waals surface area (Å²) in [7, 11) is 0. The van der Waals surface area contributed by atoms with Crippen LogP contribution in [0.2, 0.25) is 0 Å². The molecule has 0 amide bonds. The van der Waals surface area contributed by atoms with Gasteiger partial charge in [-0.05, 0) is 22.9 Å². The van der Waals surface area contributed by atoms with Crippen molar-refractivity contribution in [3.63, 3.8) is 0 Å². The first kappa shape index (κ1) is 13.3.